The summed E-state index contributed by atoms with van der Waals surface area (Å²) in [6.45, 7) is 16.5. The van der Waals surface area contributed by atoms with Crippen molar-refractivity contribution in [1.82, 2.24) is 10.2 Å². The van der Waals surface area contributed by atoms with Crippen molar-refractivity contribution >= 4 is 0 Å². The number of hydrogen-bond acceptors (Lipinski definition) is 2. The van der Waals surface area contributed by atoms with Crippen LogP contribution in [-0.2, 0) is 0 Å². The molecule has 16 heavy (non-hydrogen) atoms. The van der Waals surface area contributed by atoms with E-state index in [2.05, 4.69) is 44.5 Å². The van der Waals surface area contributed by atoms with Crippen LogP contribution in [0.3, 0.4) is 0 Å². The molecule has 0 spiro atoms. The summed E-state index contributed by atoms with van der Waals surface area (Å²) in [5.74, 6) is 0.730. The van der Waals surface area contributed by atoms with E-state index in [0.29, 0.717) is 6.04 Å². The first-order valence-corrected chi connectivity index (χ1v) is 6.62. The van der Waals surface area contributed by atoms with Crippen LogP contribution in [0.4, 0.5) is 0 Å². The molecule has 0 radical (unpaired) electrons. The zero-order chi connectivity index (χ0) is 12.1. The van der Waals surface area contributed by atoms with Crippen molar-refractivity contribution in [2.45, 2.75) is 52.6 Å². The summed E-state index contributed by atoms with van der Waals surface area (Å²) >= 11 is 0. The molecule has 94 valence electrons. The molecule has 0 aromatic rings. The van der Waals surface area contributed by atoms with Gasteiger partial charge in [-0.2, -0.15) is 0 Å². The van der Waals surface area contributed by atoms with Gasteiger partial charge in [0.1, 0.15) is 0 Å². The summed E-state index contributed by atoms with van der Waals surface area (Å²) in [4.78, 5) is 2.51. The van der Waals surface area contributed by atoms with Crippen molar-refractivity contribution in [3.63, 3.8) is 0 Å². The standard InChI is InChI=1S/C14H28N2/c1-11(2)10-16-8-6-14(7-9-16)15-13(5)12(3)4/h12-15H,1,6-10H2,2-5H3. The van der Waals surface area contributed by atoms with E-state index in [4.69, 9.17) is 0 Å². The molecular formula is C14H28N2. The van der Waals surface area contributed by atoms with Gasteiger partial charge in [0, 0.05) is 18.6 Å². The summed E-state index contributed by atoms with van der Waals surface area (Å²) in [7, 11) is 0. The summed E-state index contributed by atoms with van der Waals surface area (Å²) in [5.41, 5.74) is 1.28. The van der Waals surface area contributed by atoms with Crippen LogP contribution in [0, 0.1) is 5.92 Å². The highest BCUT2D eigenvalue weighted by Crippen LogP contribution is 2.13. The highest BCUT2D eigenvalue weighted by molar-refractivity contribution is 4.93. The highest BCUT2D eigenvalue weighted by atomic mass is 15.1. The van der Waals surface area contributed by atoms with Crippen molar-refractivity contribution in [2.75, 3.05) is 19.6 Å². The molecule has 2 heteroatoms. The minimum absolute atomic E-state index is 0.637. The minimum atomic E-state index is 0.637. The molecule has 2 nitrogen and oxygen atoms in total. The molecule has 0 aromatic heterocycles. The zero-order valence-corrected chi connectivity index (χ0v) is 11.4. The first kappa shape index (κ1) is 13.7. The maximum Gasteiger partial charge on any atom is 0.0187 e. The van der Waals surface area contributed by atoms with Gasteiger partial charge in [-0.05, 0) is 45.7 Å². The monoisotopic (exact) mass is 224 g/mol. The van der Waals surface area contributed by atoms with E-state index in [1.54, 1.807) is 0 Å². The largest absolute Gasteiger partial charge is 0.311 e. The first-order chi connectivity index (χ1) is 7.49. The molecular weight excluding hydrogens is 196 g/mol. The fraction of sp³-hybridized carbons (Fsp3) is 0.857. The Kier molecular flexibility index (Phi) is 5.50. The number of rotatable bonds is 5. The third kappa shape index (κ3) is 4.67. The van der Waals surface area contributed by atoms with Gasteiger partial charge in [0.2, 0.25) is 0 Å². The van der Waals surface area contributed by atoms with E-state index < -0.39 is 0 Å². The van der Waals surface area contributed by atoms with Gasteiger partial charge in [0.15, 0.2) is 0 Å². The third-order valence-electron chi connectivity index (χ3n) is 3.58. The maximum absolute atomic E-state index is 3.98. The van der Waals surface area contributed by atoms with E-state index in [9.17, 15) is 0 Å². The molecule has 1 rings (SSSR count). The number of piperidine rings is 1. The Labute approximate surface area is 101 Å². The first-order valence-electron chi connectivity index (χ1n) is 6.62. The normalized spacial score (nSPS) is 21.3. The predicted octanol–water partition coefficient (Wildman–Crippen LogP) is 2.66. The highest BCUT2D eigenvalue weighted by Gasteiger charge is 2.20. The Bertz CT molecular complexity index is 215. The Morgan fingerprint density at radius 2 is 1.88 bits per heavy atom. The van der Waals surface area contributed by atoms with Crippen molar-refractivity contribution in [1.29, 1.82) is 0 Å². The van der Waals surface area contributed by atoms with Crippen LogP contribution in [0.15, 0.2) is 12.2 Å². The second-order valence-corrected chi connectivity index (χ2v) is 5.71. The quantitative estimate of drug-likeness (QED) is 0.722. The van der Waals surface area contributed by atoms with E-state index in [1.807, 2.05) is 0 Å². The molecule has 0 aromatic carbocycles. The molecule has 1 heterocycles. The fourth-order valence-electron chi connectivity index (χ4n) is 2.20. The second-order valence-electron chi connectivity index (χ2n) is 5.71. The van der Waals surface area contributed by atoms with Crippen LogP contribution in [0.2, 0.25) is 0 Å². The predicted molar refractivity (Wildman–Crippen MR) is 71.7 cm³/mol. The summed E-state index contributed by atoms with van der Waals surface area (Å²) in [6, 6.07) is 1.36. The van der Waals surface area contributed by atoms with E-state index >= 15 is 0 Å². The van der Waals surface area contributed by atoms with Crippen LogP contribution in [0.1, 0.15) is 40.5 Å². The Morgan fingerprint density at radius 1 is 1.31 bits per heavy atom. The molecule has 1 N–H and O–H groups in total. The van der Waals surface area contributed by atoms with E-state index in [-0.39, 0.29) is 0 Å². The van der Waals surface area contributed by atoms with Gasteiger partial charge in [-0.1, -0.05) is 26.0 Å². The van der Waals surface area contributed by atoms with Gasteiger partial charge in [-0.3, -0.25) is 4.90 Å². The average Bonchev–Trinajstić information content (AvgIpc) is 2.20. The average molecular weight is 224 g/mol. The van der Waals surface area contributed by atoms with Gasteiger partial charge >= 0.3 is 0 Å². The van der Waals surface area contributed by atoms with Crippen molar-refractivity contribution < 1.29 is 0 Å². The van der Waals surface area contributed by atoms with Gasteiger partial charge in [-0.15, -0.1) is 0 Å². The second kappa shape index (κ2) is 6.41. The van der Waals surface area contributed by atoms with Crippen molar-refractivity contribution in [3.8, 4) is 0 Å². The van der Waals surface area contributed by atoms with Crippen LogP contribution < -0.4 is 5.32 Å². The van der Waals surface area contributed by atoms with Crippen molar-refractivity contribution in [2.24, 2.45) is 5.92 Å². The Hall–Kier alpha value is -0.340. The van der Waals surface area contributed by atoms with Gasteiger partial charge in [0.25, 0.3) is 0 Å². The fourth-order valence-corrected chi connectivity index (χ4v) is 2.20. The summed E-state index contributed by atoms with van der Waals surface area (Å²) in [6.07, 6.45) is 2.56. The van der Waals surface area contributed by atoms with E-state index in [1.165, 1.54) is 31.5 Å². The number of likely N-dealkylation sites (tertiary alicyclic amines) is 1. The molecule has 1 saturated heterocycles. The SMILES string of the molecule is C=C(C)CN1CCC(NC(C)C(C)C)CC1. The van der Waals surface area contributed by atoms with Crippen LogP contribution in [0.25, 0.3) is 0 Å². The van der Waals surface area contributed by atoms with Gasteiger partial charge < -0.3 is 5.32 Å². The van der Waals surface area contributed by atoms with E-state index in [0.717, 1.165) is 18.5 Å². The van der Waals surface area contributed by atoms with Crippen LogP contribution in [0.5, 0.6) is 0 Å². The molecule has 1 aliphatic heterocycles. The number of nitrogens with zero attached hydrogens (tertiary/aromatic N) is 1. The molecule has 0 saturated carbocycles. The van der Waals surface area contributed by atoms with Gasteiger partial charge in [-0.25, -0.2) is 0 Å². The maximum atomic E-state index is 3.98. The van der Waals surface area contributed by atoms with Crippen molar-refractivity contribution in [3.05, 3.63) is 12.2 Å². The van der Waals surface area contributed by atoms with Gasteiger partial charge in [0.05, 0.1) is 0 Å². The Morgan fingerprint density at radius 3 is 2.31 bits per heavy atom. The molecule has 0 amide bonds. The lowest BCUT2D eigenvalue weighted by atomic mass is 10.00. The summed E-state index contributed by atoms with van der Waals surface area (Å²) in [5, 5.41) is 3.74. The smallest absolute Gasteiger partial charge is 0.0187 e. The minimum Gasteiger partial charge on any atom is -0.311 e. The van der Waals surface area contributed by atoms with Crippen LogP contribution in [-0.4, -0.2) is 36.6 Å². The topological polar surface area (TPSA) is 15.3 Å². The molecule has 1 fully saturated rings. The molecule has 0 aliphatic carbocycles. The third-order valence-corrected chi connectivity index (χ3v) is 3.58. The van der Waals surface area contributed by atoms with Crippen LogP contribution >= 0.6 is 0 Å². The Balaban J connectivity index is 2.24. The molecule has 1 aliphatic rings. The summed E-state index contributed by atoms with van der Waals surface area (Å²) < 4.78 is 0. The molecule has 0 bridgehead atoms. The molecule has 1 atom stereocenters. The molecule has 1 unspecified atom stereocenters. The lowest BCUT2D eigenvalue weighted by Gasteiger charge is -2.34. The number of hydrogen-bond donors (Lipinski definition) is 1. The lowest BCUT2D eigenvalue weighted by Crippen LogP contribution is -2.46. The zero-order valence-electron chi connectivity index (χ0n) is 11.4. The lowest BCUT2D eigenvalue weighted by molar-refractivity contribution is 0.198. The number of nitrogens with one attached hydrogen (secondary N) is 1.